The molecule has 150 valence electrons. The molecule has 1 N–H and O–H groups in total. The Balaban J connectivity index is 0. The standard InChI is InChI=1S/C20H32O2.C3H9N/c1-2-3-4-5-6-7-8-9-10-11-12-13-14-15-16-17-18-19-20(21)22;1-4(2)3/h6-7,9-10,12-13,15-16H,2-5,8,11,14,17-19H2,1H3,(H,21,22);1-3H3/b7-6-,10-9-,13-12-,16-15-;. The van der Waals surface area contributed by atoms with Crippen LogP contribution in [0, 0.1) is 0 Å². The van der Waals surface area contributed by atoms with Crippen molar-refractivity contribution in [1.82, 2.24) is 0 Å². The van der Waals surface area contributed by atoms with Crippen molar-refractivity contribution in [3.05, 3.63) is 48.6 Å². The first-order valence-electron chi connectivity index (χ1n) is 10.1. The lowest BCUT2D eigenvalue weighted by molar-refractivity contribution is -0.836. The minimum absolute atomic E-state index is 0.151. The number of carboxylic acid groups (broad SMARTS) is 1. The Morgan fingerprint density at radius 2 is 1.12 bits per heavy atom. The van der Waals surface area contributed by atoms with Crippen LogP contribution in [0.4, 0.5) is 0 Å². The van der Waals surface area contributed by atoms with Crippen LogP contribution in [-0.2, 0) is 4.79 Å². The lowest BCUT2D eigenvalue weighted by Gasteiger charge is -1.97. The fraction of sp³-hybridized carbons (Fsp3) is 0.609. The number of allylic oxidation sites excluding steroid dienone is 8. The van der Waals surface area contributed by atoms with E-state index in [4.69, 9.17) is 0 Å². The van der Waals surface area contributed by atoms with Crippen LogP contribution in [0.2, 0.25) is 0 Å². The van der Waals surface area contributed by atoms with Gasteiger partial charge in [-0.05, 0) is 51.4 Å². The van der Waals surface area contributed by atoms with Crippen LogP contribution in [0.5, 0.6) is 0 Å². The maximum Gasteiger partial charge on any atom is 0.0661 e. The monoisotopic (exact) mass is 363 g/mol. The predicted molar refractivity (Wildman–Crippen MR) is 112 cm³/mol. The van der Waals surface area contributed by atoms with Crippen molar-refractivity contribution in [3.8, 4) is 0 Å². The van der Waals surface area contributed by atoms with Crippen LogP contribution in [-0.4, -0.2) is 27.1 Å². The van der Waals surface area contributed by atoms with E-state index in [1.165, 1.54) is 30.6 Å². The number of carbonyl (C=O) groups excluding carboxylic acids is 1. The van der Waals surface area contributed by atoms with E-state index >= 15 is 0 Å². The molecule has 0 fully saturated rings. The normalized spacial score (nSPS) is 11.9. The molecule has 0 radical (unpaired) electrons. The molecule has 0 aromatic carbocycles. The highest BCUT2D eigenvalue weighted by molar-refractivity contribution is 5.64. The predicted octanol–water partition coefficient (Wildman–Crippen LogP) is 3.64. The number of aliphatic carboxylic acids is 1. The van der Waals surface area contributed by atoms with Gasteiger partial charge in [-0.3, -0.25) is 0 Å². The zero-order valence-corrected chi connectivity index (χ0v) is 17.5. The van der Waals surface area contributed by atoms with Gasteiger partial charge in [0.05, 0.1) is 21.1 Å². The molecule has 0 aromatic rings. The third-order valence-electron chi connectivity index (χ3n) is 3.21. The van der Waals surface area contributed by atoms with Crippen molar-refractivity contribution >= 4 is 5.97 Å². The molecule has 0 aliphatic carbocycles. The topological polar surface area (TPSA) is 44.6 Å². The Morgan fingerprint density at radius 3 is 1.50 bits per heavy atom. The molecule has 0 bridgehead atoms. The van der Waals surface area contributed by atoms with Crippen LogP contribution in [0.25, 0.3) is 0 Å². The van der Waals surface area contributed by atoms with Crippen molar-refractivity contribution < 1.29 is 14.8 Å². The third-order valence-corrected chi connectivity index (χ3v) is 3.21. The summed E-state index contributed by atoms with van der Waals surface area (Å²) in [4.78, 5) is 11.6. The Labute approximate surface area is 162 Å². The van der Waals surface area contributed by atoms with E-state index in [1.54, 1.807) is 0 Å². The molecule has 0 amide bonds. The molecule has 0 aromatic heterocycles. The average Bonchev–Trinajstić information content (AvgIpc) is 2.57. The first kappa shape index (κ1) is 26.6. The van der Waals surface area contributed by atoms with Crippen molar-refractivity contribution in [2.24, 2.45) is 0 Å². The maximum absolute atomic E-state index is 10.2. The summed E-state index contributed by atoms with van der Waals surface area (Å²) in [7, 11) is 6.25. The molecular weight excluding hydrogens is 322 g/mol. The molecule has 0 saturated carbocycles. The maximum atomic E-state index is 10.2. The molecule has 0 rings (SSSR count). The first-order valence-corrected chi connectivity index (χ1v) is 10.1. The zero-order valence-electron chi connectivity index (χ0n) is 17.5. The summed E-state index contributed by atoms with van der Waals surface area (Å²) < 4.78 is 0. The Kier molecular flexibility index (Phi) is 23.9. The van der Waals surface area contributed by atoms with Crippen LogP contribution < -0.4 is 10.0 Å². The van der Waals surface area contributed by atoms with E-state index in [1.807, 2.05) is 6.08 Å². The minimum Gasteiger partial charge on any atom is -0.550 e. The molecule has 26 heavy (non-hydrogen) atoms. The molecular formula is C23H41NO2. The second-order valence-electron chi connectivity index (χ2n) is 6.85. The summed E-state index contributed by atoms with van der Waals surface area (Å²) >= 11 is 0. The van der Waals surface area contributed by atoms with Gasteiger partial charge in [0.25, 0.3) is 0 Å². The summed E-state index contributed by atoms with van der Waals surface area (Å²) in [5, 5.41) is 10.2. The Morgan fingerprint density at radius 1 is 0.731 bits per heavy atom. The van der Waals surface area contributed by atoms with Crippen LogP contribution in [0.3, 0.4) is 0 Å². The van der Waals surface area contributed by atoms with Gasteiger partial charge in [-0.25, -0.2) is 0 Å². The van der Waals surface area contributed by atoms with Gasteiger partial charge in [-0.2, -0.15) is 0 Å². The van der Waals surface area contributed by atoms with E-state index in [0.717, 1.165) is 25.7 Å². The molecule has 0 atom stereocenters. The van der Waals surface area contributed by atoms with Crippen molar-refractivity contribution in [1.29, 1.82) is 0 Å². The van der Waals surface area contributed by atoms with E-state index in [2.05, 4.69) is 70.6 Å². The first-order chi connectivity index (χ1) is 12.5. The van der Waals surface area contributed by atoms with Gasteiger partial charge in [0.1, 0.15) is 0 Å². The van der Waals surface area contributed by atoms with Gasteiger partial charge in [-0.1, -0.05) is 68.4 Å². The molecule has 0 unspecified atom stereocenters. The quantitative estimate of drug-likeness (QED) is 0.378. The number of nitrogens with one attached hydrogen (secondary N) is 1. The number of hydrogen-bond acceptors (Lipinski definition) is 2. The minimum atomic E-state index is -0.962. The Bertz CT molecular complexity index is 404. The van der Waals surface area contributed by atoms with Gasteiger partial charge in [0.2, 0.25) is 0 Å². The number of carbonyl (C=O) groups is 1. The molecule has 0 saturated heterocycles. The van der Waals surface area contributed by atoms with Crippen LogP contribution in [0.15, 0.2) is 48.6 Å². The van der Waals surface area contributed by atoms with E-state index in [9.17, 15) is 9.90 Å². The lowest BCUT2D eigenvalue weighted by Crippen LogP contribution is -3.02. The number of unbranched alkanes of at least 4 members (excludes halogenated alkanes) is 4. The van der Waals surface area contributed by atoms with Gasteiger partial charge in [0.15, 0.2) is 0 Å². The summed E-state index contributed by atoms with van der Waals surface area (Å²) in [6.07, 6.45) is 27.0. The lowest BCUT2D eigenvalue weighted by atomic mass is 10.2. The summed E-state index contributed by atoms with van der Waals surface area (Å²) in [5.41, 5.74) is 0. The molecule has 0 spiro atoms. The number of carboxylic acids is 1. The highest BCUT2D eigenvalue weighted by Crippen LogP contribution is 2.01. The molecule has 0 aliphatic heterocycles. The van der Waals surface area contributed by atoms with Crippen molar-refractivity contribution in [2.45, 2.75) is 71.1 Å². The number of rotatable bonds is 14. The number of hydrogen-bond donors (Lipinski definition) is 1. The zero-order chi connectivity index (χ0) is 19.9. The second-order valence-corrected chi connectivity index (χ2v) is 6.85. The van der Waals surface area contributed by atoms with Gasteiger partial charge in [-0.15, -0.1) is 0 Å². The summed E-state index contributed by atoms with van der Waals surface area (Å²) in [6, 6.07) is 0. The fourth-order valence-electron chi connectivity index (χ4n) is 1.93. The summed E-state index contributed by atoms with van der Waals surface area (Å²) in [6.45, 7) is 2.23. The number of quaternary nitrogens is 1. The highest BCUT2D eigenvalue weighted by Gasteiger charge is 1.84. The summed E-state index contributed by atoms with van der Waals surface area (Å²) in [5.74, 6) is -0.962. The fourth-order valence-corrected chi connectivity index (χ4v) is 1.93. The van der Waals surface area contributed by atoms with E-state index in [-0.39, 0.29) is 6.42 Å². The van der Waals surface area contributed by atoms with Gasteiger partial charge < -0.3 is 14.8 Å². The van der Waals surface area contributed by atoms with Gasteiger partial charge in [0, 0.05) is 5.97 Å². The smallest absolute Gasteiger partial charge is 0.0661 e. The van der Waals surface area contributed by atoms with E-state index in [0.29, 0.717) is 6.42 Å². The largest absolute Gasteiger partial charge is 0.550 e. The van der Waals surface area contributed by atoms with E-state index < -0.39 is 5.97 Å². The molecule has 0 aliphatic rings. The Hall–Kier alpha value is -1.61. The average molecular weight is 364 g/mol. The molecule has 0 heterocycles. The van der Waals surface area contributed by atoms with Crippen molar-refractivity contribution in [2.75, 3.05) is 21.1 Å². The van der Waals surface area contributed by atoms with Crippen LogP contribution >= 0.6 is 0 Å². The third kappa shape index (κ3) is 33.9. The van der Waals surface area contributed by atoms with Crippen LogP contribution in [0.1, 0.15) is 71.1 Å². The second kappa shape index (κ2) is 23.4. The molecule has 3 nitrogen and oxygen atoms in total. The SMILES string of the molecule is CCCCC/C=C\C/C=C\C/C=C\C/C=C\CCCC(=O)[O-].C[NH+](C)C. The molecule has 3 heteroatoms. The van der Waals surface area contributed by atoms with Gasteiger partial charge >= 0.3 is 0 Å². The van der Waals surface area contributed by atoms with Crippen molar-refractivity contribution in [3.63, 3.8) is 0 Å². The highest BCUT2D eigenvalue weighted by atomic mass is 16.4.